The largest absolute Gasteiger partial charge is 0.339 e. The van der Waals surface area contributed by atoms with Gasteiger partial charge in [-0.25, -0.2) is 0 Å². The number of hydrogen-bond acceptors (Lipinski definition) is 4. The van der Waals surface area contributed by atoms with Gasteiger partial charge in [-0.1, -0.05) is 18.2 Å². The predicted molar refractivity (Wildman–Crippen MR) is 88.2 cm³/mol. The van der Waals surface area contributed by atoms with Gasteiger partial charge in [0, 0.05) is 48.7 Å². The molecule has 0 spiro atoms. The van der Waals surface area contributed by atoms with Gasteiger partial charge in [-0.2, -0.15) is 0 Å². The van der Waals surface area contributed by atoms with Gasteiger partial charge in [0.25, 0.3) is 5.91 Å². The molecule has 22 heavy (non-hydrogen) atoms. The number of carbonyl (C=O) groups is 2. The fourth-order valence-electron chi connectivity index (χ4n) is 2.64. The molecule has 1 aliphatic rings. The van der Waals surface area contributed by atoms with E-state index in [0.717, 1.165) is 23.2 Å². The first-order valence-electron chi connectivity index (χ1n) is 7.37. The lowest BCUT2D eigenvalue weighted by Gasteiger charge is -2.29. The Balaban J connectivity index is 1.70. The molecule has 5 nitrogen and oxygen atoms in total. The van der Waals surface area contributed by atoms with Crippen LogP contribution in [0.4, 0.5) is 0 Å². The molecular weight excluding hydrogens is 298 g/mol. The Morgan fingerprint density at radius 1 is 1.27 bits per heavy atom. The van der Waals surface area contributed by atoms with Crippen molar-refractivity contribution in [3.63, 3.8) is 0 Å². The van der Waals surface area contributed by atoms with Crippen LogP contribution >= 0.6 is 11.3 Å². The van der Waals surface area contributed by atoms with Crippen LogP contribution in [-0.2, 0) is 4.79 Å². The standard InChI is InChI=1S/C16H19N3O2S/c1-18(10-15(20)19-8-6-17-7-9-19)16(21)13-11-22-14-5-3-2-4-12(13)14/h2-5,11,17H,6-10H2,1H3. The van der Waals surface area contributed by atoms with Gasteiger partial charge in [0.2, 0.25) is 5.91 Å². The third-order valence-corrected chi connectivity index (χ3v) is 4.86. The van der Waals surface area contributed by atoms with E-state index in [-0.39, 0.29) is 18.4 Å². The maximum Gasteiger partial charge on any atom is 0.255 e. The molecule has 0 bridgehead atoms. The molecule has 116 valence electrons. The third kappa shape index (κ3) is 2.98. The first-order chi connectivity index (χ1) is 10.7. The lowest BCUT2D eigenvalue weighted by atomic mass is 10.1. The molecule has 0 saturated carbocycles. The molecule has 1 fully saturated rings. The summed E-state index contributed by atoms with van der Waals surface area (Å²) in [6, 6.07) is 7.84. The van der Waals surface area contributed by atoms with Gasteiger partial charge in [-0.3, -0.25) is 9.59 Å². The molecule has 1 N–H and O–H groups in total. The van der Waals surface area contributed by atoms with E-state index in [1.807, 2.05) is 34.5 Å². The zero-order chi connectivity index (χ0) is 15.5. The van der Waals surface area contributed by atoms with Gasteiger partial charge >= 0.3 is 0 Å². The highest BCUT2D eigenvalue weighted by Gasteiger charge is 2.22. The van der Waals surface area contributed by atoms with Crippen LogP contribution in [0.3, 0.4) is 0 Å². The van der Waals surface area contributed by atoms with Crippen LogP contribution in [0.1, 0.15) is 10.4 Å². The smallest absolute Gasteiger partial charge is 0.255 e. The van der Waals surface area contributed by atoms with E-state index in [1.165, 1.54) is 4.90 Å². The van der Waals surface area contributed by atoms with Crippen molar-refractivity contribution < 1.29 is 9.59 Å². The molecule has 2 heterocycles. The van der Waals surface area contributed by atoms with Crippen LogP contribution in [0, 0.1) is 0 Å². The van der Waals surface area contributed by atoms with Crippen molar-refractivity contribution >= 4 is 33.2 Å². The summed E-state index contributed by atoms with van der Waals surface area (Å²) in [7, 11) is 1.69. The lowest BCUT2D eigenvalue weighted by Crippen LogP contribution is -2.49. The number of thiophene rings is 1. The van der Waals surface area contributed by atoms with Gasteiger partial charge in [0.05, 0.1) is 12.1 Å². The number of benzene rings is 1. The van der Waals surface area contributed by atoms with Crippen molar-refractivity contribution in [2.24, 2.45) is 0 Å². The summed E-state index contributed by atoms with van der Waals surface area (Å²) in [6.45, 7) is 3.19. The highest BCUT2D eigenvalue weighted by molar-refractivity contribution is 7.17. The first kappa shape index (κ1) is 15.0. The van der Waals surface area contributed by atoms with E-state index in [2.05, 4.69) is 5.32 Å². The number of fused-ring (bicyclic) bond motifs is 1. The summed E-state index contributed by atoms with van der Waals surface area (Å²) in [6.07, 6.45) is 0. The summed E-state index contributed by atoms with van der Waals surface area (Å²) in [5.41, 5.74) is 0.677. The summed E-state index contributed by atoms with van der Waals surface area (Å²) in [5, 5.41) is 6.05. The van der Waals surface area contributed by atoms with Gasteiger partial charge in [-0.05, 0) is 6.07 Å². The number of hydrogen-bond donors (Lipinski definition) is 1. The predicted octanol–water partition coefficient (Wildman–Crippen LogP) is 1.41. The average Bonchev–Trinajstić information content (AvgIpc) is 2.99. The Morgan fingerprint density at radius 2 is 2.00 bits per heavy atom. The summed E-state index contributed by atoms with van der Waals surface area (Å²) < 4.78 is 1.09. The molecule has 1 saturated heterocycles. The van der Waals surface area contributed by atoms with Gasteiger partial charge in [0.1, 0.15) is 0 Å². The molecular formula is C16H19N3O2S. The van der Waals surface area contributed by atoms with E-state index in [0.29, 0.717) is 18.7 Å². The van der Waals surface area contributed by atoms with Crippen molar-refractivity contribution in [1.29, 1.82) is 0 Å². The van der Waals surface area contributed by atoms with Crippen molar-refractivity contribution in [2.45, 2.75) is 0 Å². The van der Waals surface area contributed by atoms with E-state index in [4.69, 9.17) is 0 Å². The minimum Gasteiger partial charge on any atom is -0.339 e. The molecule has 2 amide bonds. The number of rotatable bonds is 3. The number of likely N-dealkylation sites (N-methyl/N-ethyl adjacent to an activating group) is 1. The highest BCUT2D eigenvalue weighted by atomic mass is 32.1. The fraction of sp³-hybridized carbons (Fsp3) is 0.375. The fourth-order valence-corrected chi connectivity index (χ4v) is 3.57. The topological polar surface area (TPSA) is 52.7 Å². The van der Waals surface area contributed by atoms with Crippen molar-refractivity contribution in [2.75, 3.05) is 39.8 Å². The van der Waals surface area contributed by atoms with Crippen molar-refractivity contribution in [3.8, 4) is 0 Å². The second-order valence-corrected chi connectivity index (χ2v) is 6.35. The molecule has 1 aromatic heterocycles. The second kappa shape index (κ2) is 6.46. The van der Waals surface area contributed by atoms with Gasteiger partial charge in [-0.15, -0.1) is 11.3 Å². The van der Waals surface area contributed by atoms with Crippen LogP contribution in [0.15, 0.2) is 29.6 Å². The number of nitrogens with one attached hydrogen (secondary N) is 1. The van der Waals surface area contributed by atoms with Crippen molar-refractivity contribution in [1.82, 2.24) is 15.1 Å². The Labute approximate surface area is 133 Å². The second-order valence-electron chi connectivity index (χ2n) is 5.44. The van der Waals surface area contributed by atoms with E-state index >= 15 is 0 Å². The maximum absolute atomic E-state index is 12.6. The minimum absolute atomic E-state index is 0.0110. The molecule has 0 aliphatic carbocycles. The van der Waals surface area contributed by atoms with Crippen molar-refractivity contribution in [3.05, 3.63) is 35.2 Å². The lowest BCUT2D eigenvalue weighted by molar-refractivity contribution is -0.132. The summed E-state index contributed by atoms with van der Waals surface area (Å²) >= 11 is 1.56. The average molecular weight is 317 g/mol. The van der Waals surface area contributed by atoms with Crippen LogP contribution in [-0.4, -0.2) is 61.4 Å². The zero-order valence-corrected chi connectivity index (χ0v) is 13.4. The van der Waals surface area contributed by atoms with Gasteiger partial charge < -0.3 is 15.1 Å². The van der Waals surface area contributed by atoms with Gasteiger partial charge in [0.15, 0.2) is 0 Å². The van der Waals surface area contributed by atoms with Crippen LogP contribution < -0.4 is 5.32 Å². The molecule has 3 rings (SSSR count). The third-order valence-electron chi connectivity index (χ3n) is 3.90. The summed E-state index contributed by atoms with van der Waals surface area (Å²) in [5.74, 6) is -0.0854. The monoisotopic (exact) mass is 317 g/mol. The van der Waals surface area contributed by atoms with E-state index in [1.54, 1.807) is 18.4 Å². The number of amides is 2. The molecule has 0 radical (unpaired) electrons. The molecule has 2 aromatic rings. The molecule has 1 aromatic carbocycles. The highest BCUT2D eigenvalue weighted by Crippen LogP contribution is 2.26. The molecule has 0 unspecified atom stereocenters. The maximum atomic E-state index is 12.6. The Morgan fingerprint density at radius 3 is 2.77 bits per heavy atom. The Kier molecular flexibility index (Phi) is 4.40. The molecule has 0 atom stereocenters. The Hall–Kier alpha value is -1.92. The summed E-state index contributed by atoms with van der Waals surface area (Å²) in [4.78, 5) is 28.2. The molecule has 6 heteroatoms. The number of carbonyl (C=O) groups excluding carboxylic acids is 2. The number of piperazine rings is 1. The van der Waals surface area contributed by atoms with E-state index in [9.17, 15) is 9.59 Å². The van der Waals surface area contributed by atoms with Crippen LogP contribution in [0.25, 0.3) is 10.1 Å². The zero-order valence-electron chi connectivity index (χ0n) is 12.5. The number of nitrogens with zero attached hydrogens (tertiary/aromatic N) is 2. The molecule has 1 aliphatic heterocycles. The normalized spacial score (nSPS) is 15.0. The SMILES string of the molecule is CN(CC(=O)N1CCNCC1)C(=O)c1csc2ccccc12. The quantitative estimate of drug-likeness (QED) is 0.931. The van der Waals surface area contributed by atoms with E-state index < -0.39 is 0 Å². The Bertz CT molecular complexity index is 692. The van der Waals surface area contributed by atoms with Crippen LogP contribution in [0.2, 0.25) is 0 Å². The van der Waals surface area contributed by atoms with Crippen LogP contribution in [0.5, 0.6) is 0 Å². The minimum atomic E-state index is -0.0964. The first-order valence-corrected chi connectivity index (χ1v) is 8.25.